The number of nitrogen functional groups attached to an aromatic ring is 1. The molecule has 2 heterocycles. The molecule has 0 fully saturated rings. The van der Waals surface area contributed by atoms with Crippen molar-refractivity contribution in [2.45, 2.75) is 46.1 Å². The van der Waals surface area contributed by atoms with Gasteiger partial charge in [0.05, 0.1) is 23.6 Å². The normalized spacial score (nSPS) is 12.1. The van der Waals surface area contributed by atoms with Crippen LogP contribution in [0.4, 0.5) is 5.82 Å². The SMILES string of the molecule is CCCCS(=O)(=O)CCCn1c(CCOC)nc2c(N)ncc(C)c21. The van der Waals surface area contributed by atoms with E-state index in [0.717, 1.165) is 29.7 Å². The second-order valence-corrected chi connectivity index (χ2v) is 8.61. The molecule has 2 aromatic heterocycles. The standard InChI is InChI=1S/C17H28N4O3S/c1-4-5-10-25(22,23)11-6-8-21-14(7-9-24-3)20-15-16(21)13(2)12-19-17(15)18/h12H,4-11H2,1-3H3,(H2,18,19). The van der Waals surface area contributed by atoms with Gasteiger partial charge in [-0.15, -0.1) is 0 Å². The largest absolute Gasteiger partial charge is 0.384 e. The first-order valence-corrected chi connectivity index (χ1v) is 10.5. The molecule has 0 aromatic carbocycles. The zero-order valence-electron chi connectivity index (χ0n) is 15.3. The van der Waals surface area contributed by atoms with Crippen molar-refractivity contribution in [1.82, 2.24) is 14.5 Å². The lowest BCUT2D eigenvalue weighted by molar-refractivity contribution is 0.199. The van der Waals surface area contributed by atoms with Crippen LogP contribution in [-0.2, 0) is 27.5 Å². The highest BCUT2D eigenvalue weighted by Gasteiger charge is 2.17. The fourth-order valence-electron chi connectivity index (χ4n) is 2.90. The molecule has 0 unspecified atom stereocenters. The van der Waals surface area contributed by atoms with Crippen LogP contribution < -0.4 is 5.73 Å². The molecule has 140 valence electrons. The van der Waals surface area contributed by atoms with Crippen LogP contribution in [0.3, 0.4) is 0 Å². The summed E-state index contributed by atoms with van der Waals surface area (Å²) in [6.07, 6.45) is 4.54. The molecule has 0 saturated carbocycles. The second-order valence-electron chi connectivity index (χ2n) is 6.31. The number of anilines is 1. The molecular formula is C17H28N4O3S. The molecule has 0 amide bonds. The summed E-state index contributed by atoms with van der Waals surface area (Å²) in [4.78, 5) is 8.79. The summed E-state index contributed by atoms with van der Waals surface area (Å²) in [5.41, 5.74) is 8.57. The first kappa shape index (κ1) is 19.7. The Morgan fingerprint density at radius 3 is 2.68 bits per heavy atom. The van der Waals surface area contributed by atoms with Crippen molar-refractivity contribution in [3.8, 4) is 0 Å². The number of imidazole rings is 1. The number of hydrogen-bond donors (Lipinski definition) is 1. The fraction of sp³-hybridized carbons (Fsp3) is 0.647. The average Bonchev–Trinajstić information content (AvgIpc) is 2.94. The summed E-state index contributed by atoms with van der Waals surface area (Å²) in [7, 11) is -1.35. The molecule has 0 radical (unpaired) electrons. The summed E-state index contributed by atoms with van der Waals surface area (Å²) < 4.78 is 31.4. The third-order valence-corrected chi connectivity index (χ3v) is 6.06. The Balaban J connectivity index is 2.24. The zero-order chi connectivity index (χ0) is 18.4. The van der Waals surface area contributed by atoms with E-state index in [2.05, 4.69) is 14.5 Å². The molecule has 0 bridgehead atoms. The number of aromatic nitrogens is 3. The van der Waals surface area contributed by atoms with Crippen molar-refractivity contribution < 1.29 is 13.2 Å². The van der Waals surface area contributed by atoms with E-state index in [1.807, 2.05) is 13.8 Å². The minimum atomic E-state index is -2.99. The van der Waals surface area contributed by atoms with Gasteiger partial charge in [-0.1, -0.05) is 13.3 Å². The lowest BCUT2D eigenvalue weighted by Crippen LogP contribution is -2.14. The topological polar surface area (TPSA) is 100 Å². The van der Waals surface area contributed by atoms with Gasteiger partial charge in [0, 0.05) is 26.3 Å². The van der Waals surface area contributed by atoms with Crippen LogP contribution in [0.5, 0.6) is 0 Å². The number of nitrogens with zero attached hydrogens (tertiary/aromatic N) is 3. The Bertz CT molecular complexity index is 815. The smallest absolute Gasteiger partial charge is 0.151 e. The Kier molecular flexibility index (Phi) is 6.78. The van der Waals surface area contributed by atoms with Crippen molar-refractivity contribution in [3.63, 3.8) is 0 Å². The van der Waals surface area contributed by atoms with E-state index in [-0.39, 0.29) is 11.5 Å². The number of methoxy groups -OCH3 is 1. The lowest BCUT2D eigenvalue weighted by atomic mass is 10.2. The van der Waals surface area contributed by atoms with Crippen LogP contribution >= 0.6 is 0 Å². The van der Waals surface area contributed by atoms with Gasteiger partial charge in [-0.3, -0.25) is 0 Å². The van der Waals surface area contributed by atoms with Crippen molar-refractivity contribution >= 4 is 26.7 Å². The Labute approximate surface area is 149 Å². The number of sulfone groups is 1. The van der Waals surface area contributed by atoms with Crippen molar-refractivity contribution in [1.29, 1.82) is 0 Å². The molecule has 2 aromatic rings. The molecule has 0 spiro atoms. The van der Waals surface area contributed by atoms with Crippen LogP contribution in [0.15, 0.2) is 6.20 Å². The number of fused-ring (bicyclic) bond motifs is 1. The first-order valence-electron chi connectivity index (χ1n) is 8.69. The molecule has 7 nitrogen and oxygen atoms in total. The Hall–Kier alpha value is -1.67. The second kappa shape index (κ2) is 8.62. The van der Waals surface area contributed by atoms with E-state index >= 15 is 0 Å². The van der Waals surface area contributed by atoms with Gasteiger partial charge in [0.25, 0.3) is 0 Å². The van der Waals surface area contributed by atoms with Gasteiger partial charge in [0.2, 0.25) is 0 Å². The third kappa shape index (κ3) is 4.92. The third-order valence-electron chi connectivity index (χ3n) is 4.24. The lowest BCUT2D eigenvalue weighted by Gasteiger charge is -2.11. The van der Waals surface area contributed by atoms with Crippen LogP contribution in [0.1, 0.15) is 37.6 Å². The molecule has 0 aliphatic heterocycles. The number of nitrogens with two attached hydrogens (primary N) is 1. The summed E-state index contributed by atoms with van der Waals surface area (Å²) in [6, 6.07) is 0. The van der Waals surface area contributed by atoms with Crippen LogP contribution in [0.2, 0.25) is 0 Å². The number of hydrogen-bond acceptors (Lipinski definition) is 6. The Morgan fingerprint density at radius 2 is 2.00 bits per heavy atom. The molecule has 2 N–H and O–H groups in total. The van der Waals surface area contributed by atoms with E-state index in [9.17, 15) is 8.42 Å². The molecule has 0 aliphatic rings. The predicted octanol–water partition coefficient (Wildman–Crippen LogP) is 2.12. The molecular weight excluding hydrogens is 340 g/mol. The highest BCUT2D eigenvalue weighted by atomic mass is 32.2. The van der Waals surface area contributed by atoms with Crippen molar-refractivity contribution in [3.05, 3.63) is 17.6 Å². The molecule has 2 rings (SSSR count). The molecule has 0 aliphatic carbocycles. The van der Waals surface area contributed by atoms with Gasteiger partial charge >= 0.3 is 0 Å². The summed E-state index contributed by atoms with van der Waals surface area (Å²) in [6.45, 7) is 5.09. The molecule has 0 atom stereocenters. The minimum Gasteiger partial charge on any atom is -0.384 e. The van der Waals surface area contributed by atoms with Crippen LogP contribution in [-0.4, -0.2) is 48.2 Å². The first-order chi connectivity index (χ1) is 11.9. The maximum Gasteiger partial charge on any atom is 0.151 e. The number of rotatable bonds is 10. The van der Waals surface area contributed by atoms with E-state index < -0.39 is 9.84 Å². The highest BCUT2D eigenvalue weighted by molar-refractivity contribution is 7.91. The number of aryl methyl sites for hydroxylation is 2. The van der Waals surface area contributed by atoms with Gasteiger partial charge < -0.3 is 15.0 Å². The Morgan fingerprint density at radius 1 is 1.28 bits per heavy atom. The summed E-state index contributed by atoms with van der Waals surface area (Å²) in [5.74, 6) is 1.70. The highest BCUT2D eigenvalue weighted by Crippen LogP contribution is 2.24. The van der Waals surface area contributed by atoms with Gasteiger partial charge in [-0.2, -0.15) is 0 Å². The van der Waals surface area contributed by atoms with Gasteiger partial charge in [-0.25, -0.2) is 18.4 Å². The van der Waals surface area contributed by atoms with Crippen LogP contribution in [0, 0.1) is 6.92 Å². The van der Waals surface area contributed by atoms with E-state index in [4.69, 9.17) is 10.5 Å². The van der Waals surface area contributed by atoms with Gasteiger partial charge in [-0.05, 0) is 25.3 Å². The van der Waals surface area contributed by atoms with Gasteiger partial charge in [0.15, 0.2) is 5.82 Å². The van der Waals surface area contributed by atoms with Crippen molar-refractivity contribution in [2.75, 3.05) is 31.0 Å². The van der Waals surface area contributed by atoms with E-state index in [1.165, 1.54) is 0 Å². The predicted molar refractivity (Wildman–Crippen MR) is 100 cm³/mol. The van der Waals surface area contributed by atoms with E-state index in [1.54, 1.807) is 13.3 Å². The van der Waals surface area contributed by atoms with Crippen LogP contribution in [0.25, 0.3) is 11.0 Å². The fourth-order valence-corrected chi connectivity index (χ4v) is 4.40. The number of ether oxygens (including phenoxy) is 1. The molecule has 8 heteroatoms. The van der Waals surface area contributed by atoms with Gasteiger partial charge in [0.1, 0.15) is 21.2 Å². The van der Waals surface area contributed by atoms with E-state index in [0.29, 0.717) is 37.3 Å². The zero-order valence-corrected chi connectivity index (χ0v) is 16.1. The quantitative estimate of drug-likeness (QED) is 0.689. The number of unbranched alkanes of at least 4 members (excludes halogenated alkanes) is 1. The minimum absolute atomic E-state index is 0.190. The molecule has 25 heavy (non-hydrogen) atoms. The average molecular weight is 369 g/mol. The van der Waals surface area contributed by atoms with Crippen molar-refractivity contribution in [2.24, 2.45) is 0 Å². The monoisotopic (exact) mass is 368 g/mol. The molecule has 0 saturated heterocycles. The number of pyridine rings is 1. The summed E-state index contributed by atoms with van der Waals surface area (Å²) >= 11 is 0. The maximum atomic E-state index is 12.1. The maximum absolute atomic E-state index is 12.1. The summed E-state index contributed by atoms with van der Waals surface area (Å²) in [5, 5.41) is 0.